The van der Waals surface area contributed by atoms with Gasteiger partial charge < -0.3 is 4.90 Å². The lowest BCUT2D eigenvalue weighted by Crippen LogP contribution is -2.51. The van der Waals surface area contributed by atoms with E-state index in [1.54, 1.807) is 0 Å². The van der Waals surface area contributed by atoms with E-state index in [0.29, 0.717) is 18.4 Å². The van der Waals surface area contributed by atoms with Crippen LogP contribution in [0.5, 0.6) is 0 Å². The Hall–Kier alpha value is -0.570. The minimum absolute atomic E-state index is 0.300. The lowest BCUT2D eigenvalue weighted by molar-refractivity contribution is -0.132. The Balaban J connectivity index is 2.34. The van der Waals surface area contributed by atoms with Crippen LogP contribution in [-0.4, -0.2) is 47.9 Å². The van der Waals surface area contributed by atoms with Gasteiger partial charge in [0, 0.05) is 38.6 Å². The molecule has 0 aromatic rings. The van der Waals surface area contributed by atoms with Gasteiger partial charge in [-0.25, -0.2) is 0 Å². The SMILES string of the molecule is CCC(=O)N1CCN(C(C)CC)CC1. The van der Waals surface area contributed by atoms with E-state index in [2.05, 4.69) is 18.7 Å². The third-order valence-electron chi connectivity index (χ3n) is 3.18. The Labute approximate surface area is 87.1 Å². The van der Waals surface area contributed by atoms with E-state index in [1.165, 1.54) is 6.42 Å². The van der Waals surface area contributed by atoms with Crippen molar-refractivity contribution >= 4 is 5.91 Å². The first kappa shape index (κ1) is 11.5. The number of piperazine rings is 1. The van der Waals surface area contributed by atoms with Gasteiger partial charge in [0.25, 0.3) is 0 Å². The highest BCUT2D eigenvalue weighted by Crippen LogP contribution is 2.09. The number of nitrogens with zero attached hydrogens (tertiary/aromatic N) is 2. The van der Waals surface area contributed by atoms with Crippen LogP contribution in [0.1, 0.15) is 33.6 Å². The van der Waals surface area contributed by atoms with Crippen molar-refractivity contribution in [1.29, 1.82) is 0 Å². The molecule has 0 aliphatic carbocycles. The summed E-state index contributed by atoms with van der Waals surface area (Å²) in [5.74, 6) is 0.300. The lowest BCUT2D eigenvalue weighted by atomic mass is 10.2. The quantitative estimate of drug-likeness (QED) is 0.683. The predicted molar refractivity (Wildman–Crippen MR) is 58.2 cm³/mol. The number of carbonyl (C=O) groups excluding carboxylic acids is 1. The summed E-state index contributed by atoms with van der Waals surface area (Å²) in [5.41, 5.74) is 0. The molecule has 3 heteroatoms. The lowest BCUT2D eigenvalue weighted by Gasteiger charge is -2.37. The Morgan fingerprint density at radius 3 is 2.21 bits per heavy atom. The number of rotatable bonds is 3. The minimum atomic E-state index is 0.300. The van der Waals surface area contributed by atoms with E-state index < -0.39 is 0 Å². The van der Waals surface area contributed by atoms with Crippen LogP contribution in [-0.2, 0) is 4.79 Å². The van der Waals surface area contributed by atoms with Crippen LogP contribution in [0.15, 0.2) is 0 Å². The van der Waals surface area contributed by atoms with Gasteiger partial charge in [0.15, 0.2) is 0 Å². The number of carbonyl (C=O) groups is 1. The summed E-state index contributed by atoms with van der Waals surface area (Å²) in [7, 11) is 0. The molecule has 1 amide bonds. The molecule has 1 rings (SSSR count). The molecular formula is C11H22N2O. The molecule has 1 aliphatic rings. The summed E-state index contributed by atoms with van der Waals surface area (Å²) in [5, 5.41) is 0. The van der Waals surface area contributed by atoms with Gasteiger partial charge in [0.05, 0.1) is 0 Å². The summed E-state index contributed by atoms with van der Waals surface area (Å²) < 4.78 is 0. The Morgan fingerprint density at radius 2 is 1.79 bits per heavy atom. The van der Waals surface area contributed by atoms with Crippen molar-refractivity contribution in [3.8, 4) is 0 Å². The zero-order valence-electron chi connectivity index (χ0n) is 9.62. The maximum Gasteiger partial charge on any atom is 0.222 e. The molecular weight excluding hydrogens is 176 g/mol. The molecule has 1 unspecified atom stereocenters. The van der Waals surface area contributed by atoms with E-state index >= 15 is 0 Å². The zero-order chi connectivity index (χ0) is 10.6. The van der Waals surface area contributed by atoms with Gasteiger partial charge in [0.2, 0.25) is 5.91 Å². The Morgan fingerprint density at radius 1 is 1.21 bits per heavy atom. The van der Waals surface area contributed by atoms with Crippen LogP contribution in [0.4, 0.5) is 0 Å². The summed E-state index contributed by atoms with van der Waals surface area (Å²) in [6, 6.07) is 0.661. The fraction of sp³-hybridized carbons (Fsp3) is 0.909. The largest absolute Gasteiger partial charge is 0.340 e. The molecule has 1 aliphatic heterocycles. The Bertz CT molecular complexity index is 186. The molecule has 1 saturated heterocycles. The smallest absolute Gasteiger partial charge is 0.222 e. The second kappa shape index (κ2) is 5.35. The molecule has 0 radical (unpaired) electrons. The van der Waals surface area contributed by atoms with Crippen molar-refractivity contribution in [2.75, 3.05) is 26.2 Å². The van der Waals surface area contributed by atoms with Crippen molar-refractivity contribution in [2.24, 2.45) is 0 Å². The molecule has 0 spiro atoms. The predicted octanol–water partition coefficient (Wildman–Crippen LogP) is 1.34. The highest BCUT2D eigenvalue weighted by molar-refractivity contribution is 5.75. The molecule has 1 fully saturated rings. The standard InChI is InChI=1S/C11H22N2O/c1-4-10(3)12-6-8-13(9-7-12)11(14)5-2/h10H,4-9H2,1-3H3. The van der Waals surface area contributed by atoms with Crippen molar-refractivity contribution in [3.05, 3.63) is 0 Å². The fourth-order valence-corrected chi connectivity index (χ4v) is 1.89. The average Bonchev–Trinajstić information content (AvgIpc) is 2.27. The normalized spacial score (nSPS) is 20.9. The molecule has 0 aromatic carbocycles. The first-order valence-corrected chi connectivity index (χ1v) is 5.70. The van der Waals surface area contributed by atoms with Crippen molar-refractivity contribution in [2.45, 2.75) is 39.7 Å². The molecule has 1 atom stereocenters. The van der Waals surface area contributed by atoms with Gasteiger partial charge in [-0.05, 0) is 13.3 Å². The number of hydrogen-bond donors (Lipinski definition) is 0. The first-order chi connectivity index (χ1) is 6.69. The highest BCUT2D eigenvalue weighted by Gasteiger charge is 2.21. The molecule has 3 nitrogen and oxygen atoms in total. The second-order valence-electron chi connectivity index (χ2n) is 4.03. The Kier molecular flexibility index (Phi) is 4.39. The molecule has 0 aromatic heterocycles. The molecule has 0 saturated carbocycles. The van der Waals surface area contributed by atoms with Crippen molar-refractivity contribution in [3.63, 3.8) is 0 Å². The molecule has 82 valence electrons. The maximum absolute atomic E-state index is 11.4. The topological polar surface area (TPSA) is 23.6 Å². The van der Waals surface area contributed by atoms with Gasteiger partial charge >= 0.3 is 0 Å². The highest BCUT2D eigenvalue weighted by atomic mass is 16.2. The van der Waals surface area contributed by atoms with E-state index in [-0.39, 0.29) is 0 Å². The van der Waals surface area contributed by atoms with E-state index in [4.69, 9.17) is 0 Å². The van der Waals surface area contributed by atoms with Gasteiger partial charge in [-0.15, -0.1) is 0 Å². The van der Waals surface area contributed by atoms with E-state index in [9.17, 15) is 4.79 Å². The first-order valence-electron chi connectivity index (χ1n) is 5.70. The summed E-state index contributed by atoms with van der Waals surface area (Å²) in [6.07, 6.45) is 1.84. The van der Waals surface area contributed by atoms with Crippen LogP contribution >= 0.6 is 0 Å². The van der Waals surface area contributed by atoms with Gasteiger partial charge in [-0.1, -0.05) is 13.8 Å². The van der Waals surface area contributed by atoms with Crippen molar-refractivity contribution in [1.82, 2.24) is 9.80 Å². The third kappa shape index (κ3) is 2.71. The molecule has 14 heavy (non-hydrogen) atoms. The summed E-state index contributed by atoms with van der Waals surface area (Å²) >= 11 is 0. The number of hydrogen-bond acceptors (Lipinski definition) is 2. The third-order valence-corrected chi connectivity index (χ3v) is 3.18. The monoisotopic (exact) mass is 198 g/mol. The number of amides is 1. The van der Waals surface area contributed by atoms with Crippen LogP contribution in [0.3, 0.4) is 0 Å². The second-order valence-corrected chi connectivity index (χ2v) is 4.03. The van der Waals surface area contributed by atoms with Crippen LogP contribution in [0.2, 0.25) is 0 Å². The van der Waals surface area contributed by atoms with E-state index in [0.717, 1.165) is 26.2 Å². The molecule has 1 heterocycles. The minimum Gasteiger partial charge on any atom is -0.340 e. The van der Waals surface area contributed by atoms with Crippen molar-refractivity contribution < 1.29 is 4.79 Å². The van der Waals surface area contributed by atoms with Gasteiger partial charge in [0.1, 0.15) is 0 Å². The van der Waals surface area contributed by atoms with Crippen LogP contribution < -0.4 is 0 Å². The zero-order valence-corrected chi connectivity index (χ0v) is 9.62. The van der Waals surface area contributed by atoms with Crippen LogP contribution in [0.25, 0.3) is 0 Å². The van der Waals surface area contributed by atoms with Gasteiger partial charge in [-0.2, -0.15) is 0 Å². The molecule has 0 bridgehead atoms. The maximum atomic E-state index is 11.4. The average molecular weight is 198 g/mol. The summed E-state index contributed by atoms with van der Waals surface area (Å²) in [4.78, 5) is 15.9. The summed E-state index contributed by atoms with van der Waals surface area (Å²) in [6.45, 7) is 10.3. The van der Waals surface area contributed by atoms with Gasteiger partial charge in [-0.3, -0.25) is 9.69 Å². The fourth-order valence-electron chi connectivity index (χ4n) is 1.89. The molecule has 0 N–H and O–H groups in total. The van der Waals surface area contributed by atoms with Crippen LogP contribution in [0, 0.1) is 0 Å². The van der Waals surface area contributed by atoms with E-state index in [1.807, 2.05) is 11.8 Å².